The fourth-order valence-corrected chi connectivity index (χ4v) is 4.34. The van der Waals surface area contributed by atoms with Gasteiger partial charge in [-0.05, 0) is 50.2 Å². The minimum absolute atomic E-state index is 0.0559. The summed E-state index contributed by atoms with van der Waals surface area (Å²) < 4.78 is 0. The second kappa shape index (κ2) is 4.70. The first-order chi connectivity index (χ1) is 10.1. The number of hydrogen-bond donors (Lipinski definition) is 1. The van der Waals surface area contributed by atoms with Crippen molar-refractivity contribution >= 4 is 33.1 Å². The van der Waals surface area contributed by atoms with E-state index in [2.05, 4.69) is 6.07 Å². The van der Waals surface area contributed by atoms with Crippen LogP contribution < -0.4 is 5.73 Å². The van der Waals surface area contributed by atoms with Crippen molar-refractivity contribution in [2.24, 2.45) is 0 Å². The van der Waals surface area contributed by atoms with E-state index in [0.29, 0.717) is 16.6 Å². The first-order valence-corrected chi connectivity index (χ1v) is 8.44. The van der Waals surface area contributed by atoms with E-state index in [-0.39, 0.29) is 5.91 Å². The highest BCUT2D eigenvalue weighted by Gasteiger charge is 2.29. The first-order valence-electron chi connectivity index (χ1n) is 7.63. The highest BCUT2D eigenvalue weighted by molar-refractivity contribution is 7.21. The highest BCUT2D eigenvalue weighted by Crippen LogP contribution is 2.37. The SMILES string of the molecule is CN(C(=O)c1sc2nc3c(cc2c1N)CCC3)C1CCC1. The lowest BCUT2D eigenvalue weighted by Gasteiger charge is -2.34. The number of hydrogen-bond acceptors (Lipinski definition) is 4. The predicted molar refractivity (Wildman–Crippen MR) is 85.8 cm³/mol. The summed E-state index contributed by atoms with van der Waals surface area (Å²) in [5, 5.41) is 0.964. The second-order valence-electron chi connectivity index (χ2n) is 6.15. The Morgan fingerprint density at radius 3 is 2.90 bits per heavy atom. The number of aromatic nitrogens is 1. The number of carbonyl (C=O) groups is 1. The molecule has 2 N–H and O–H groups in total. The van der Waals surface area contributed by atoms with E-state index in [1.165, 1.54) is 35.4 Å². The van der Waals surface area contributed by atoms with Crippen molar-refractivity contribution in [3.8, 4) is 0 Å². The Labute approximate surface area is 128 Å². The molecule has 1 fully saturated rings. The third kappa shape index (κ3) is 1.94. The van der Waals surface area contributed by atoms with Gasteiger partial charge in [0.1, 0.15) is 9.71 Å². The standard InChI is InChI=1S/C16H19N3OS/c1-19(10-5-3-6-10)16(20)14-13(17)11-8-9-4-2-7-12(9)18-15(11)21-14/h8,10H,2-7,17H2,1H3. The molecule has 2 aliphatic carbocycles. The normalized spacial score (nSPS) is 17.8. The molecule has 0 radical (unpaired) electrons. The molecule has 0 atom stereocenters. The van der Waals surface area contributed by atoms with E-state index in [4.69, 9.17) is 10.7 Å². The molecule has 4 rings (SSSR count). The molecule has 1 amide bonds. The first kappa shape index (κ1) is 13.1. The quantitative estimate of drug-likeness (QED) is 0.927. The third-order valence-corrected chi connectivity index (χ3v) is 5.99. The maximum Gasteiger partial charge on any atom is 0.266 e. The number of aryl methyl sites for hydroxylation is 2. The van der Waals surface area contributed by atoms with Crippen LogP contribution in [0.3, 0.4) is 0 Å². The lowest BCUT2D eigenvalue weighted by molar-refractivity contribution is 0.0658. The summed E-state index contributed by atoms with van der Waals surface area (Å²) in [4.78, 5) is 20.8. The lowest BCUT2D eigenvalue weighted by atomic mass is 9.92. The van der Waals surface area contributed by atoms with Crippen LogP contribution in [-0.4, -0.2) is 28.9 Å². The Kier molecular flexibility index (Phi) is 2.92. The average Bonchev–Trinajstić information content (AvgIpc) is 2.98. The molecule has 0 unspecified atom stereocenters. The number of thiophene rings is 1. The Hall–Kier alpha value is -1.62. The van der Waals surface area contributed by atoms with Crippen LogP contribution in [-0.2, 0) is 12.8 Å². The molecule has 0 aliphatic heterocycles. The van der Waals surface area contributed by atoms with Crippen LogP contribution >= 0.6 is 11.3 Å². The smallest absolute Gasteiger partial charge is 0.266 e. The van der Waals surface area contributed by atoms with E-state index in [0.717, 1.165) is 35.9 Å². The molecule has 2 aliphatic rings. The van der Waals surface area contributed by atoms with Gasteiger partial charge in [0.05, 0.1) is 5.69 Å². The van der Waals surface area contributed by atoms with Gasteiger partial charge in [-0.3, -0.25) is 4.79 Å². The molecule has 0 bridgehead atoms. The number of nitrogens with two attached hydrogens (primary N) is 1. The van der Waals surface area contributed by atoms with Gasteiger partial charge in [0.25, 0.3) is 5.91 Å². The molecule has 2 heterocycles. The van der Waals surface area contributed by atoms with E-state index < -0.39 is 0 Å². The van der Waals surface area contributed by atoms with Crippen LogP contribution in [0.25, 0.3) is 10.2 Å². The van der Waals surface area contributed by atoms with Gasteiger partial charge >= 0.3 is 0 Å². The minimum atomic E-state index is 0.0559. The molecule has 0 aromatic carbocycles. The number of fused-ring (bicyclic) bond motifs is 2. The summed E-state index contributed by atoms with van der Waals surface area (Å²) in [6.45, 7) is 0. The molecule has 5 heteroatoms. The molecule has 2 aromatic heterocycles. The summed E-state index contributed by atoms with van der Waals surface area (Å²) in [6.07, 6.45) is 6.75. The zero-order valence-corrected chi connectivity index (χ0v) is 13.0. The third-order valence-electron chi connectivity index (χ3n) is 4.89. The molecule has 0 spiro atoms. The van der Waals surface area contributed by atoms with Crippen LogP contribution in [0.1, 0.15) is 46.6 Å². The van der Waals surface area contributed by atoms with Crippen molar-refractivity contribution in [3.63, 3.8) is 0 Å². The number of carbonyl (C=O) groups excluding carboxylic acids is 1. The number of nitrogens with zero attached hydrogens (tertiary/aromatic N) is 2. The summed E-state index contributed by atoms with van der Waals surface area (Å²) in [5.41, 5.74) is 9.37. The molecule has 21 heavy (non-hydrogen) atoms. The number of pyridine rings is 1. The van der Waals surface area contributed by atoms with Gasteiger partial charge in [-0.15, -0.1) is 11.3 Å². The number of anilines is 1. The van der Waals surface area contributed by atoms with E-state index >= 15 is 0 Å². The van der Waals surface area contributed by atoms with Crippen LogP contribution in [0.5, 0.6) is 0 Å². The Morgan fingerprint density at radius 1 is 1.38 bits per heavy atom. The van der Waals surface area contributed by atoms with Crippen molar-refractivity contribution in [2.75, 3.05) is 12.8 Å². The van der Waals surface area contributed by atoms with Crippen molar-refractivity contribution < 1.29 is 4.79 Å². The molecule has 4 nitrogen and oxygen atoms in total. The van der Waals surface area contributed by atoms with E-state index in [1.807, 2.05) is 11.9 Å². The van der Waals surface area contributed by atoms with Gasteiger partial charge in [0.15, 0.2) is 0 Å². The van der Waals surface area contributed by atoms with Gasteiger partial charge in [-0.25, -0.2) is 4.98 Å². The van der Waals surface area contributed by atoms with Crippen LogP contribution in [0.15, 0.2) is 6.07 Å². The average molecular weight is 301 g/mol. The van der Waals surface area contributed by atoms with Crippen LogP contribution in [0, 0.1) is 0 Å². The van der Waals surface area contributed by atoms with Gasteiger partial charge < -0.3 is 10.6 Å². The second-order valence-corrected chi connectivity index (χ2v) is 7.15. The maximum atomic E-state index is 12.7. The summed E-state index contributed by atoms with van der Waals surface area (Å²) >= 11 is 1.45. The molecule has 2 aromatic rings. The maximum absolute atomic E-state index is 12.7. The molecular formula is C16H19N3OS. The van der Waals surface area contributed by atoms with Crippen molar-refractivity contribution in [1.29, 1.82) is 0 Å². The van der Waals surface area contributed by atoms with Gasteiger partial charge in [0.2, 0.25) is 0 Å². The monoisotopic (exact) mass is 301 g/mol. The van der Waals surface area contributed by atoms with Crippen molar-refractivity contribution in [2.45, 2.75) is 44.6 Å². The summed E-state index contributed by atoms with van der Waals surface area (Å²) in [6, 6.07) is 2.54. The minimum Gasteiger partial charge on any atom is -0.397 e. The zero-order chi connectivity index (χ0) is 14.6. The summed E-state index contributed by atoms with van der Waals surface area (Å²) in [7, 11) is 1.89. The Morgan fingerprint density at radius 2 is 2.19 bits per heavy atom. The highest BCUT2D eigenvalue weighted by atomic mass is 32.1. The molecule has 0 saturated heterocycles. The summed E-state index contributed by atoms with van der Waals surface area (Å²) in [5.74, 6) is 0.0559. The predicted octanol–water partition coefficient (Wildman–Crippen LogP) is 2.99. The largest absolute Gasteiger partial charge is 0.397 e. The van der Waals surface area contributed by atoms with Crippen molar-refractivity contribution in [3.05, 3.63) is 22.2 Å². The Balaban J connectivity index is 1.75. The fourth-order valence-electron chi connectivity index (χ4n) is 3.26. The topological polar surface area (TPSA) is 59.2 Å². The van der Waals surface area contributed by atoms with Gasteiger partial charge in [0, 0.05) is 24.2 Å². The van der Waals surface area contributed by atoms with Gasteiger partial charge in [-0.2, -0.15) is 0 Å². The Bertz CT molecular complexity index is 733. The molecule has 1 saturated carbocycles. The van der Waals surface area contributed by atoms with Crippen LogP contribution in [0.2, 0.25) is 0 Å². The lowest BCUT2D eigenvalue weighted by Crippen LogP contribution is -2.41. The molecular weight excluding hydrogens is 282 g/mol. The number of rotatable bonds is 2. The van der Waals surface area contributed by atoms with E-state index in [1.54, 1.807) is 0 Å². The molecule has 110 valence electrons. The number of amides is 1. The zero-order valence-electron chi connectivity index (χ0n) is 12.2. The number of nitrogen functional groups attached to an aromatic ring is 1. The van der Waals surface area contributed by atoms with Crippen molar-refractivity contribution in [1.82, 2.24) is 9.88 Å². The van der Waals surface area contributed by atoms with Gasteiger partial charge in [-0.1, -0.05) is 0 Å². The fraction of sp³-hybridized carbons (Fsp3) is 0.500. The van der Waals surface area contributed by atoms with Crippen LogP contribution in [0.4, 0.5) is 5.69 Å². The van der Waals surface area contributed by atoms with E-state index in [9.17, 15) is 4.79 Å².